The van der Waals surface area contributed by atoms with Crippen molar-refractivity contribution in [2.75, 3.05) is 6.54 Å². The van der Waals surface area contributed by atoms with Crippen LogP contribution in [0, 0.1) is 11.8 Å². The van der Waals surface area contributed by atoms with Crippen molar-refractivity contribution in [1.82, 2.24) is 5.32 Å². The Bertz CT molecular complexity index is 232. The van der Waals surface area contributed by atoms with Crippen LogP contribution in [0.5, 0.6) is 0 Å². The van der Waals surface area contributed by atoms with E-state index in [1.807, 2.05) is 0 Å². The van der Waals surface area contributed by atoms with E-state index in [9.17, 15) is 9.59 Å². The van der Waals surface area contributed by atoms with E-state index in [1.165, 1.54) is 19.3 Å². The molecule has 2 N–H and O–H groups in total. The molecule has 1 fully saturated rings. The van der Waals surface area contributed by atoms with Crippen LogP contribution in [-0.4, -0.2) is 23.5 Å². The molecule has 0 saturated heterocycles. The minimum atomic E-state index is -1.39. The summed E-state index contributed by atoms with van der Waals surface area (Å²) in [6, 6.07) is 0. The topological polar surface area (TPSA) is 66.4 Å². The summed E-state index contributed by atoms with van der Waals surface area (Å²) in [4.78, 5) is 21.1. The predicted octanol–water partition coefficient (Wildman–Crippen LogP) is 1.40. The van der Waals surface area contributed by atoms with Crippen molar-refractivity contribution in [2.45, 2.75) is 39.0 Å². The van der Waals surface area contributed by atoms with E-state index in [-0.39, 0.29) is 0 Å². The average molecular weight is 213 g/mol. The van der Waals surface area contributed by atoms with Crippen molar-refractivity contribution in [3.05, 3.63) is 0 Å². The third-order valence-corrected chi connectivity index (χ3v) is 3.29. The Morgan fingerprint density at radius 3 is 2.20 bits per heavy atom. The second kappa shape index (κ2) is 5.73. The Kier molecular flexibility index (Phi) is 4.59. The van der Waals surface area contributed by atoms with Gasteiger partial charge in [0.2, 0.25) is 0 Å². The van der Waals surface area contributed by atoms with Gasteiger partial charge in [0.25, 0.3) is 0 Å². The number of carbonyl (C=O) groups excluding carboxylic acids is 1. The zero-order chi connectivity index (χ0) is 11.3. The molecule has 4 heteroatoms. The van der Waals surface area contributed by atoms with E-state index in [1.54, 1.807) is 0 Å². The molecule has 4 nitrogen and oxygen atoms in total. The van der Waals surface area contributed by atoms with Crippen LogP contribution in [0.1, 0.15) is 39.0 Å². The molecule has 1 saturated carbocycles. The zero-order valence-corrected chi connectivity index (χ0v) is 9.16. The molecule has 0 aliphatic heterocycles. The van der Waals surface area contributed by atoms with Gasteiger partial charge in [0, 0.05) is 6.54 Å². The van der Waals surface area contributed by atoms with Crippen LogP contribution < -0.4 is 5.32 Å². The Balaban J connectivity index is 2.19. The highest BCUT2D eigenvalue weighted by molar-refractivity contribution is 6.31. The summed E-state index contributed by atoms with van der Waals surface area (Å²) in [5, 5.41) is 10.8. The van der Waals surface area contributed by atoms with Gasteiger partial charge in [-0.1, -0.05) is 26.2 Å². The fraction of sp³-hybridized carbons (Fsp3) is 0.818. The highest BCUT2D eigenvalue weighted by Crippen LogP contribution is 2.29. The van der Waals surface area contributed by atoms with E-state index in [2.05, 4.69) is 12.2 Å². The molecule has 0 aromatic carbocycles. The molecule has 1 rings (SSSR count). The molecular formula is C11H19NO3. The fourth-order valence-electron chi connectivity index (χ4n) is 2.16. The predicted molar refractivity (Wildman–Crippen MR) is 56.4 cm³/mol. The van der Waals surface area contributed by atoms with Gasteiger partial charge < -0.3 is 10.4 Å². The Labute approximate surface area is 90.0 Å². The molecule has 0 aromatic rings. The molecule has 1 amide bonds. The standard InChI is InChI=1S/C11H19NO3/c1-2-8-3-5-9(6-4-8)7-12-10(13)11(14)15/h8-9H,2-7H2,1H3,(H,12,13)(H,14,15). The number of carboxylic acids is 1. The molecule has 1 aliphatic rings. The second-order valence-corrected chi connectivity index (χ2v) is 4.31. The first kappa shape index (κ1) is 12.0. The van der Waals surface area contributed by atoms with Crippen molar-refractivity contribution in [3.8, 4) is 0 Å². The first-order valence-corrected chi connectivity index (χ1v) is 5.64. The molecule has 0 unspecified atom stereocenters. The molecule has 15 heavy (non-hydrogen) atoms. The lowest BCUT2D eigenvalue weighted by Crippen LogP contribution is -2.35. The van der Waals surface area contributed by atoms with Crippen molar-refractivity contribution in [1.29, 1.82) is 0 Å². The van der Waals surface area contributed by atoms with Gasteiger partial charge in [-0.15, -0.1) is 0 Å². The smallest absolute Gasteiger partial charge is 0.394 e. The number of rotatable bonds is 3. The van der Waals surface area contributed by atoms with E-state index in [0.717, 1.165) is 18.8 Å². The van der Waals surface area contributed by atoms with E-state index in [4.69, 9.17) is 5.11 Å². The first-order valence-electron chi connectivity index (χ1n) is 5.64. The highest BCUT2D eigenvalue weighted by atomic mass is 16.4. The lowest BCUT2D eigenvalue weighted by atomic mass is 9.81. The van der Waals surface area contributed by atoms with E-state index >= 15 is 0 Å². The maximum absolute atomic E-state index is 10.8. The van der Waals surface area contributed by atoms with E-state index < -0.39 is 11.9 Å². The molecular weight excluding hydrogens is 194 g/mol. The molecule has 0 aromatic heterocycles. The summed E-state index contributed by atoms with van der Waals surface area (Å²) < 4.78 is 0. The number of nitrogens with one attached hydrogen (secondary N) is 1. The van der Waals surface area contributed by atoms with Gasteiger partial charge in [-0.25, -0.2) is 4.79 Å². The highest BCUT2D eigenvalue weighted by Gasteiger charge is 2.21. The molecule has 0 radical (unpaired) electrons. The number of amides is 1. The third-order valence-electron chi connectivity index (χ3n) is 3.29. The monoisotopic (exact) mass is 213 g/mol. The van der Waals surface area contributed by atoms with Crippen molar-refractivity contribution >= 4 is 11.9 Å². The lowest BCUT2D eigenvalue weighted by molar-refractivity contribution is -0.150. The molecule has 0 atom stereocenters. The van der Waals surface area contributed by atoms with Crippen LogP contribution in [0.2, 0.25) is 0 Å². The summed E-state index contributed by atoms with van der Waals surface area (Å²) in [7, 11) is 0. The second-order valence-electron chi connectivity index (χ2n) is 4.31. The van der Waals surface area contributed by atoms with Crippen molar-refractivity contribution < 1.29 is 14.7 Å². The summed E-state index contributed by atoms with van der Waals surface area (Å²) in [6.45, 7) is 2.72. The third kappa shape index (κ3) is 3.90. The molecule has 0 heterocycles. The van der Waals surface area contributed by atoms with Gasteiger partial charge >= 0.3 is 11.9 Å². The van der Waals surface area contributed by atoms with Crippen LogP contribution in [0.15, 0.2) is 0 Å². The number of aliphatic carboxylic acids is 1. The van der Waals surface area contributed by atoms with E-state index in [0.29, 0.717) is 12.5 Å². The molecule has 0 bridgehead atoms. The Hall–Kier alpha value is -1.06. The lowest BCUT2D eigenvalue weighted by Gasteiger charge is -2.27. The summed E-state index contributed by atoms with van der Waals surface area (Å²) in [5.74, 6) is -0.975. The van der Waals surface area contributed by atoms with Crippen LogP contribution in [-0.2, 0) is 9.59 Å². The largest absolute Gasteiger partial charge is 0.474 e. The summed E-state index contributed by atoms with van der Waals surface area (Å²) in [5.41, 5.74) is 0. The van der Waals surface area contributed by atoms with Crippen LogP contribution >= 0.6 is 0 Å². The SMILES string of the molecule is CCC1CCC(CNC(=O)C(=O)O)CC1. The summed E-state index contributed by atoms with van der Waals surface area (Å²) in [6.07, 6.45) is 5.87. The number of hydrogen-bond donors (Lipinski definition) is 2. The van der Waals surface area contributed by atoms with Gasteiger partial charge in [-0.3, -0.25) is 4.79 Å². The van der Waals surface area contributed by atoms with Gasteiger partial charge in [0.05, 0.1) is 0 Å². The van der Waals surface area contributed by atoms with Crippen LogP contribution in [0.4, 0.5) is 0 Å². The number of carboxylic acid groups (broad SMARTS) is 1. The normalized spacial score (nSPS) is 25.9. The van der Waals surface area contributed by atoms with Gasteiger partial charge in [-0.05, 0) is 24.7 Å². The molecule has 1 aliphatic carbocycles. The average Bonchev–Trinajstić information content (AvgIpc) is 2.26. The van der Waals surface area contributed by atoms with Crippen LogP contribution in [0.25, 0.3) is 0 Å². The van der Waals surface area contributed by atoms with Gasteiger partial charge in [-0.2, -0.15) is 0 Å². The maximum Gasteiger partial charge on any atom is 0.394 e. The van der Waals surface area contributed by atoms with Crippen LogP contribution in [0.3, 0.4) is 0 Å². The minimum absolute atomic E-state index is 0.469. The Morgan fingerprint density at radius 2 is 1.73 bits per heavy atom. The quantitative estimate of drug-likeness (QED) is 0.696. The number of hydrogen-bond acceptors (Lipinski definition) is 2. The first-order chi connectivity index (χ1) is 7.13. The minimum Gasteiger partial charge on any atom is -0.474 e. The fourth-order valence-corrected chi connectivity index (χ4v) is 2.16. The van der Waals surface area contributed by atoms with Gasteiger partial charge in [0.1, 0.15) is 0 Å². The number of carbonyl (C=O) groups is 2. The summed E-state index contributed by atoms with van der Waals surface area (Å²) >= 11 is 0. The molecule has 0 spiro atoms. The van der Waals surface area contributed by atoms with Crippen molar-refractivity contribution in [2.24, 2.45) is 11.8 Å². The molecule has 86 valence electrons. The Morgan fingerprint density at radius 1 is 1.20 bits per heavy atom. The van der Waals surface area contributed by atoms with Crippen molar-refractivity contribution in [3.63, 3.8) is 0 Å². The zero-order valence-electron chi connectivity index (χ0n) is 9.16. The van der Waals surface area contributed by atoms with Gasteiger partial charge in [0.15, 0.2) is 0 Å². The maximum atomic E-state index is 10.8.